The van der Waals surface area contributed by atoms with E-state index < -0.39 is 0 Å². The zero-order valence-electron chi connectivity index (χ0n) is 6.13. The topological polar surface area (TPSA) is 35.5 Å². The lowest BCUT2D eigenvalue weighted by Crippen LogP contribution is -2.31. The molecule has 10 heavy (non-hydrogen) atoms. The molecule has 0 amide bonds. The number of hydrogen-bond donors (Lipinski definition) is 0. The predicted octanol–water partition coefficient (Wildman–Crippen LogP) is 1.08. The van der Waals surface area contributed by atoms with E-state index in [9.17, 15) is 4.79 Å². The highest BCUT2D eigenvalue weighted by molar-refractivity contribution is 5.69. The van der Waals surface area contributed by atoms with Crippen LogP contribution in [-0.4, -0.2) is 18.9 Å². The van der Waals surface area contributed by atoms with Gasteiger partial charge in [0.05, 0.1) is 6.61 Å². The summed E-state index contributed by atoms with van der Waals surface area (Å²) in [6.45, 7) is 2.67. The summed E-state index contributed by atoms with van der Waals surface area (Å²) < 4.78 is 9.77. The molecule has 0 aromatic carbocycles. The second kappa shape index (κ2) is 3.56. The Labute approximate surface area is 60.3 Å². The van der Waals surface area contributed by atoms with Gasteiger partial charge in [0.25, 0.3) is 0 Å². The maximum Gasteiger partial charge on any atom is 0.308 e. The SMILES string of the molecule is CCCC(=O)OC1CCO1. The van der Waals surface area contributed by atoms with E-state index in [0.717, 1.165) is 19.4 Å². The summed E-state index contributed by atoms with van der Waals surface area (Å²) in [6, 6.07) is 0. The first-order valence-corrected chi connectivity index (χ1v) is 3.64. The highest BCUT2D eigenvalue weighted by Crippen LogP contribution is 2.12. The van der Waals surface area contributed by atoms with Crippen LogP contribution in [0.1, 0.15) is 26.2 Å². The van der Waals surface area contributed by atoms with E-state index in [1.165, 1.54) is 0 Å². The van der Waals surface area contributed by atoms with Crippen LogP contribution in [0.25, 0.3) is 0 Å². The lowest BCUT2D eigenvalue weighted by Gasteiger charge is -2.25. The van der Waals surface area contributed by atoms with Crippen LogP contribution in [-0.2, 0) is 14.3 Å². The zero-order chi connectivity index (χ0) is 7.40. The molecule has 1 saturated heterocycles. The maximum atomic E-state index is 10.7. The van der Waals surface area contributed by atoms with Crippen molar-refractivity contribution in [1.82, 2.24) is 0 Å². The van der Waals surface area contributed by atoms with E-state index >= 15 is 0 Å². The first kappa shape index (κ1) is 7.54. The van der Waals surface area contributed by atoms with Crippen LogP contribution >= 0.6 is 0 Å². The molecule has 0 aromatic heterocycles. The van der Waals surface area contributed by atoms with Crippen molar-refractivity contribution in [3.8, 4) is 0 Å². The Kier molecular flexibility index (Phi) is 2.68. The Morgan fingerprint density at radius 3 is 2.90 bits per heavy atom. The van der Waals surface area contributed by atoms with E-state index in [2.05, 4.69) is 0 Å². The summed E-state index contributed by atoms with van der Waals surface area (Å²) in [7, 11) is 0. The number of carbonyl (C=O) groups is 1. The predicted molar refractivity (Wildman–Crippen MR) is 35.4 cm³/mol. The van der Waals surface area contributed by atoms with Crippen LogP contribution in [0.5, 0.6) is 0 Å². The van der Waals surface area contributed by atoms with Gasteiger partial charge in [0.1, 0.15) is 0 Å². The van der Waals surface area contributed by atoms with Crippen LogP contribution in [0.3, 0.4) is 0 Å². The average Bonchev–Trinajstić information content (AvgIpc) is 1.80. The first-order chi connectivity index (χ1) is 4.83. The van der Waals surface area contributed by atoms with E-state index in [1.807, 2.05) is 6.92 Å². The van der Waals surface area contributed by atoms with Crippen LogP contribution in [0.15, 0.2) is 0 Å². The van der Waals surface area contributed by atoms with Crippen molar-refractivity contribution in [2.45, 2.75) is 32.5 Å². The quantitative estimate of drug-likeness (QED) is 0.556. The molecule has 0 aromatic rings. The van der Waals surface area contributed by atoms with Crippen LogP contribution in [0, 0.1) is 0 Å². The van der Waals surface area contributed by atoms with Crippen molar-refractivity contribution in [3.63, 3.8) is 0 Å². The summed E-state index contributed by atoms with van der Waals surface area (Å²) in [5.41, 5.74) is 0. The molecule has 1 fully saturated rings. The highest BCUT2D eigenvalue weighted by atomic mass is 16.7. The fourth-order valence-electron chi connectivity index (χ4n) is 0.717. The third kappa shape index (κ3) is 1.99. The standard InChI is InChI=1S/C7H12O3/c1-2-3-6(8)10-7-4-5-9-7/h7H,2-5H2,1H3. The fourth-order valence-corrected chi connectivity index (χ4v) is 0.717. The van der Waals surface area contributed by atoms with E-state index in [-0.39, 0.29) is 12.3 Å². The molecule has 1 unspecified atom stereocenters. The van der Waals surface area contributed by atoms with Crippen molar-refractivity contribution in [2.24, 2.45) is 0 Å². The van der Waals surface area contributed by atoms with Gasteiger partial charge in [-0.05, 0) is 6.42 Å². The average molecular weight is 144 g/mol. The van der Waals surface area contributed by atoms with Gasteiger partial charge in [-0.2, -0.15) is 0 Å². The summed E-state index contributed by atoms with van der Waals surface area (Å²) >= 11 is 0. The lowest BCUT2D eigenvalue weighted by molar-refractivity contribution is -0.216. The van der Waals surface area contributed by atoms with Gasteiger partial charge in [-0.25, -0.2) is 0 Å². The third-order valence-corrected chi connectivity index (χ3v) is 1.37. The molecule has 1 rings (SSSR count). The molecule has 0 saturated carbocycles. The summed E-state index contributed by atoms with van der Waals surface area (Å²) in [6.07, 6.45) is 1.96. The largest absolute Gasteiger partial charge is 0.436 e. The molecule has 0 radical (unpaired) electrons. The molecule has 3 nitrogen and oxygen atoms in total. The Hall–Kier alpha value is -0.570. The summed E-state index contributed by atoms with van der Waals surface area (Å²) in [5.74, 6) is -0.146. The van der Waals surface area contributed by atoms with Crippen molar-refractivity contribution < 1.29 is 14.3 Å². The van der Waals surface area contributed by atoms with Crippen LogP contribution in [0.2, 0.25) is 0 Å². The Bertz CT molecular complexity index is 118. The fraction of sp³-hybridized carbons (Fsp3) is 0.857. The van der Waals surface area contributed by atoms with Crippen LogP contribution < -0.4 is 0 Å². The van der Waals surface area contributed by atoms with Crippen molar-refractivity contribution >= 4 is 5.97 Å². The van der Waals surface area contributed by atoms with Gasteiger partial charge in [0, 0.05) is 12.8 Å². The van der Waals surface area contributed by atoms with Gasteiger partial charge in [-0.1, -0.05) is 6.92 Å². The van der Waals surface area contributed by atoms with Gasteiger partial charge in [0.2, 0.25) is 6.29 Å². The summed E-state index contributed by atoms with van der Waals surface area (Å²) in [4.78, 5) is 10.7. The first-order valence-electron chi connectivity index (χ1n) is 3.64. The van der Waals surface area contributed by atoms with E-state index in [1.54, 1.807) is 0 Å². The monoisotopic (exact) mass is 144 g/mol. The number of hydrogen-bond acceptors (Lipinski definition) is 3. The molecule has 0 bridgehead atoms. The molecule has 1 aliphatic heterocycles. The normalized spacial score (nSPS) is 23.5. The third-order valence-electron chi connectivity index (χ3n) is 1.37. The Morgan fingerprint density at radius 2 is 2.50 bits per heavy atom. The molecule has 0 aliphatic carbocycles. The van der Waals surface area contributed by atoms with Gasteiger partial charge in [-0.15, -0.1) is 0 Å². The van der Waals surface area contributed by atoms with Gasteiger partial charge < -0.3 is 9.47 Å². The number of carbonyl (C=O) groups excluding carboxylic acids is 1. The smallest absolute Gasteiger partial charge is 0.308 e. The minimum absolute atomic E-state index is 0.146. The second-order valence-corrected chi connectivity index (χ2v) is 2.33. The van der Waals surface area contributed by atoms with Crippen molar-refractivity contribution in [2.75, 3.05) is 6.61 Å². The number of rotatable bonds is 3. The number of esters is 1. The van der Waals surface area contributed by atoms with Gasteiger partial charge >= 0.3 is 5.97 Å². The molecule has 0 N–H and O–H groups in total. The zero-order valence-corrected chi connectivity index (χ0v) is 6.13. The highest BCUT2D eigenvalue weighted by Gasteiger charge is 2.21. The molecule has 0 spiro atoms. The van der Waals surface area contributed by atoms with Crippen LogP contribution in [0.4, 0.5) is 0 Å². The summed E-state index contributed by atoms with van der Waals surface area (Å²) in [5, 5.41) is 0. The molecular formula is C7H12O3. The van der Waals surface area contributed by atoms with Crippen molar-refractivity contribution in [3.05, 3.63) is 0 Å². The molecule has 3 heteroatoms. The second-order valence-electron chi connectivity index (χ2n) is 2.33. The lowest BCUT2D eigenvalue weighted by atomic mass is 10.3. The van der Waals surface area contributed by atoms with E-state index in [4.69, 9.17) is 9.47 Å². The Morgan fingerprint density at radius 1 is 1.80 bits per heavy atom. The minimum Gasteiger partial charge on any atom is -0.436 e. The minimum atomic E-state index is -0.237. The number of ether oxygens (including phenoxy) is 2. The van der Waals surface area contributed by atoms with E-state index in [0.29, 0.717) is 6.42 Å². The van der Waals surface area contributed by atoms with Gasteiger partial charge in [-0.3, -0.25) is 4.79 Å². The molecule has 1 heterocycles. The molecule has 58 valence electrons. The maximum absolute atomic E-state index is 10.7. The molecule has 1 atom stereocenters. The molecular weight excluding hydrogens is 132 g/mol. The molecule has 1 aliphatic rings. The Balaban J connectivity index is 2.05. The van der Waals surface area contributed by atoms with Crippen molar-refractivity contribution in [1.29, 1.82) is 0 Å². The van der Waals surface area contributed by atoms with Gasteiger partial charge in [0.15, 0.2) is 0 Å².